The van der Waals surface area contributed by atoms with Crippen LogP contribution in [-0.4, -0.2) is 66.6 Å². The minimum Gasteiger partial charge on any atom is -0.462 e. The van der Waals surface area contributed by atoms with E-state index in [1.807, 2.05) is 49.3 Å². The molecule has 6 atom stereocenters. The largest absolute Gasteiger partial charge is 0.462 e. The zero-order valence-electron chi connectivity index (χ0n) is 16.2. The van der Waals surface area contributed by atoms with E-state index in [0.717, 1.165) is 5.56 Å². The quantitative estimate of drug-likeness (QED) is 0.786. The number of aliphatic hydroxyl groups is 1. The molecule has 7 heteroatoms. The Hall–Kier alpha value is -2.12. The van der Waals surface area contributed by atoms with E-state index in [9.17, 15) is 9.90 Å². The number of esters is 1. The third-order valence-corrected chi connectivity index (χ3v) is 5.14. The van der Waals surface area contributed by atoms with Gasteiger partial charge in [0.05, 0.1) is 12.7 Å². The molecular formula is C20H28N2O5. The normalized spacial score (nSPS) is 30.7. The molecule has 0 saturated heterocycles. The topological polar surface area (TPSA) is 80.6 Å². The van der Waals surface area contributed by atoms with E-state index >= 15 is 0 Å². The zero-order chi connectivity index (χ0) is 19.6. The Labute approximate surface area is 159 Å². The number of aliphatic imine (C=N–C) groups is 1. The number of amidine groups is 1. The first-order valence-corrected chi connectivity index (χ1v) is 9.29. The number of fused-ring (bicyclic) bond motifs is 1. The van der Waals surface area contributed by atoms with Crippen molar-refractivity contribution in [3.8, 4) is 0 Å². The lowest BCUT2D eigenvalue weighted by Crippen LogP contribution is -2.55. The van der Waals surface area contributed by atoms with Crippen molar-refractivity contribution in [1.82, 2.24) is 4.90 Å². The van der Waals surface area contributed by atoms with Crippen molar-refractivity contribution in [2.24, 2.45) is 10.9 Å². The highest BCUT2D eigenvalue weighted by atomic mass is 16.6. The van der Waals surface area contributed by atoms with Gasteiger partial charge in [-0.15, -0.1) is 0 Å². The van der Waals surface area contributed by atoms with E-state index in [-0.39, 0.29) is 24.0 Å². The van der Waals surface area contributed by atoms with Crippen LogP contribution in [0.3, 0.4) is 0 Å². The second-order valence-electron chi connectivity index (χ2n) is 7.42. The van der Waals surface area contributed by atoms with Gasteiger partial charge in [-0.2, -0.15) is 0 Å². The number of aliphatic hydroxyl groups excluding tert-OH is 1. The Bertz CT molecular complexity index is 678. The number of carbonyl (C=O) groups excluding carboxylic acids is 1. The molecule has 1 aromatic rings. The van der Waals surface area contributed by atoms with Gasteiger partial charge in [0.2, 0.25) is 0 Å². The molecule has 0 bridgehead atoms. The molecule has 1 N–H and O–H groups in total. The number of ether oxygens (including phenoxy) is 3. The fraction of sp³-hybridized carbons (Fsp3) is 0.600. The van der Waals surface area contributed by atoms with Crippen molar-refractivity contribution in [2.45, 2.75) is 57.3 Å². The van der Waals surface area contributed by atoms with Gasteiger partial charge in [0.1, 0.15) is 24.4 Å². The summed E-state index contributed by atoms with van der Waals surface area (Å²) in [6, 6.07) is 10.0. The molecule has 0 amide bonds. The van der Waals surface area contributed by atoms with Gasteiger partial charge in [-0.05, 0) is 18.9 Å². The molecule has 1 aliphatic carbocycles. The van der Waals surface area contributed by atoms with Crippen molar-refractivity contribution in [3.05, 3.63) is 35.9 Å². The monoisotopic (exact) mass is 376 g/mol. The first kappa shape index (κ1) is 19.6. The van der Waals surface area contributed by atoms with E-state index in [4.69, 9.17) is 14.2 Å². The number of carbonyl (C=O) groups is 1. The van der Waals surface area contributed by atoms with E-state index in [0.29, 0.717) is 19.0 Å². The Morgan fingerprint density at radius 1 is 1.37 bits per heavy atom. The summed E-state index contributed by atoms with van der Waals surface area (Å²) in [6.07, 6.45) is -1.45. The Kier molecular flexibility index (Phi) is 6.01. The van der Waals surface area contributed by atoms with E-state index < -0.39 is 18.3 Å². The lowest BCUT2D eigenvalue weighted by Gasteiger charge is -2.41. The van der Waals surface area contributed by atoms with Crippen LogP contribution in [0, 0.1) is 5.92 Å². The molecule has 1 saturated carbocycles. The molecule has 0 spiro atoms. The van der Waals surface area contributed by atoms with E-state index in [2.05, 4.69) is 4.99 Å². The summed E-state index contributed by atoms with van der Waals surface area (Å²) in [5, 5.41) is 11.0. The van der Waals surface area contributed by atoms with Crippen LogP contribution in [0.5, 0.6) is 0 Å². The fourth-order valence-corrected chi connectivity index (χ4v) is 3.78. The maximum Gasteiger partial charge on any atom is 0.302 e. The molecule has 7 nitrogen and oxygen atoms in total. The maximum atomic E-state index is 11.4. The standard InChI is InChI=1S/C20H28N2O5/c1-12(26-13(2)23)15-10-16-17(21-20(27-16)22(3)4)19(18(15)24)25-11-14-8-6-5-7-9-14/h5-9,12,15-19,24H,10-11H2,1-4H3. The van der Waals surface area contributed by atoms with Crippen molar-refractivity contribution in [3.63, 3.8) is 0 Å². The zero-order valence-corrected chi connectivity index (χ0v) is 16.2. The molecule has 2 aliphatic rings. The van der Waals surface area contributed by atoms with Gasteiger partial charge in [0.25, 0.3) is 6.02 Å². The molecule has 1 fully saturated rings. The molecule has 3 rings (SSSR count). The number of hydrogen-bond acceptors (Lipinski definition) is 7. The number of nitrogens with zero attached hydrogens (tertiary/aromatic N) is 2. The highest BCUT2D eigenvalue weighted by Gasteiger charge is 2.51. The second-order valence-corrected chi connectivity index (χ2v) is 7.42. The summed E-state index contributed by atoms with van der Waals surface area (Å²) >= 11 is 0. The van der Waals surface area contributed by atoms with Crippen LogP contribution in [0.15, 0.2) is 35.3 Å². The average Bonchev–Trinajstić information content (AvgIpc) is 3.05. The van der Waals surface area contributed by atoms with Gasteiger partial charge >= 0.3 is 5.97 Å². The Morgan fingerprint density at radius 2 is 2.07 bits per heavy atom. The Balaban J connectivity index is 1.79. The lowest BCUT2D eigenvalue weighted by molar-refractivity contribution is -0.166. The molecule has 6 unspecified atom stereocenters. The van der Waals surface area contributed by atoms with Gasteiger partial charge in [-0.3, -0.25) is 4.79 Å². The summed E-state index contributed by atoms with van der Waals surface area (Å²) in [5.41, 5.74) is 1.02. The summed E-state index contributed by atoms with van der Waals surface area (Å²) in [7, 11) is 3.73. The highest BCUT2D eigenvalue weighted by molar-refractivity contribution is 5.75. The molecule has 1 heterocycles. The van der Waals surface area contributed by atoms with Gasteiger partial charge in [0, 0.05) is 26.9 Å². The molecular weight excluding hydrogens is 348 g/mol. The Morgan fingerprint density at radius 3 is 2.70 bits per heavy atom. The van der Waals surface area contributed by atoms with Gasteiger partial charge < -0.3 is 24.2 Å². The molecule has 148 valence electrons. The third-order valence-electron chi connectivity index (χ3n) is 5.14. The first-order valence-electron chi connectivity index (χ1n) is 9.29. The summed E-state index contributed by atoms with van der Waals surface area (Å²) < 4.78 is 17.4. The second kappa shape index (κ2) is 8.27. The van der Waals surface area contributed by atoms with Crippen molar-refractivity contribution in [2.75, 3.05) is 14.1 Å². The van der Waals surface area contributed by atoms with Crippen molar-refractivity contribution in [1.29, 1.82) is 0 Å². The lowest BCUT2D eigenvalue weighted by atomic mass is 9.77. The molecule has 0 aromatic heterocycles. The third kappa shape index (κ3) is 4.42. The van der Waals surface area contributed by atoms with Crippen LogP contribution in [0.2, 0.25) is 0 Å². The predicted octanol–water partition coefficient (Wildman–Crippen LogP) is 1.59. The van der Waals surface area contributed by atoms with Crippen LogP contribution in [0.4, 0.5) is 0 Å². The maximum absolute atomic E-state index is 11.4. The fourth-order valence-electron chi connectivity index (χ4n) is 3.78. The van der Waals surface area contributed by atoms with Crippen molar-refractivity contribution >= 4 is 12.0 Å². The summed E-state index contributed by atoms with van der Waals surface area (Å²) in [6.45, 7) is 3.54. The summed E-state index contributed by atoms with van der Waals surface area (Å²) in [5.74, 6) is -0.649. The molecule has 27 heavy (non-hydrogen) atoms. The molecule has 1 aliphatic heterocycles. The minimum atomic E-state index is -0.807. The van der Waals surface area contributed by atoms with Crippen LogP contribution < -0.4 is 0 Å². The van der Waals surface area contributed by atoms with Crippen LogP contribution in [-0.2, 0) is 25.6 Å². The van der Waals surface area contributed by atoms with Crippen molar-refractivity contribution < 1.29 is 24.1 Å². The SMILES string of the molecule is CC(=O)OC(C)C1CC2OC(N(C)C)=NC2C(OCc2ccccc2)C1O. The minimum absolute atomic E-state index is 0.213. The average molecular weight is 376 g/mol. The van der Waals surface area contributed by atoms with Crippen LogP contribution >= 0.6 is 0 Å². The van der Waals surface area contributed by atoms with E-state index in [1.54, 1.807) is 6.92 Å². The van der Waals surface area contributed by atoms with Gasteiger partial charge in [0.15, 0.2) is 0 Å². The molecule has 1 aromatic carbocycles. The van der Waals surface area contributed by atoms with Gasteiger partial charge in [-0.25, -0.2) is 4.99 Å². The van der Waals surface area contributed by atoms with Crippen LogP contribution in [0.25, 0.3) is 0 Å². The van der Waals surface area contributed by atoms with Gasteiger partial charge in [-0.1, -0.05) is 30.3 Å². The highest BCUT2D eigenvalue weighted by Crippen LogP contribution is 2.37. The van der Waals surface area contributed by atoms with Crippen LogP contribution in [0.1, 0.15) is 25.8 Å². The number of rotatable bonds is 5. The first-order chi connectivity index (χ1) is 12.9. The van der Waals surface area contributed by atoms with E-state index in [1.165, 1.54) is 6.92 Å². The predicted molar refractivity (Wildman–Crippen MR) is 100 cm³/mol. The molecule has 0 radical (unpaired) electrons. The number of hydrogen-bond donors (Lipinski definition) is 1. The smallest absolute Gasteiger partial charge is 0.302 e. The summed E-state index contributed by atoms with van der Waals surface area (Å²) in [4.78, 5) is 17.8. The number of benzene rings is 1.